The number of rotatable bonds is 6. The molecular weight excluding hydrogens is 232 g/mol. The van der Waals surface area contributed by atoms with E-state index in [2.05, 4.69) is 10.5 Å². The van der Waals surface area contributed by atoms with Crippen LogP contribution in [0.15, 0.2) is 10.6 Å². The summed E-state index contributed by atoms with van der Waals surface area (Å²) in [5.74, 6) is -0.169. The van der Waals surface area contributed by atoms with E-state index in [1.165, 1.54) is 11.8 Å². The number of hydrogen-bond acceptors (Lipinski definition) is 5. The molecule has 1 aromatic heterocycles. The SMILES string of the molecule is Cc1cc(NC(=O)CSCCC(=O)O)on1. The second kappa shape index (κ2) is 6.16. The Kier molecular flexibility index (Phi) is 4.84. The van der Waals surface area contributed by atoms with E-state index in [1.807, 2.05) is 0 Å². The maximum atomic E-state index is 11.3. The highest BCUT2D eigenvalue weighted by Gasteiger charge is 2.06. The van der Waals surface area contributed by atoms with E-state index in [0.29, 0.717) is 17.3 Å². The van der Waals surface area contributed by atoms with Gasteiger partial charge in [-0.15, -0.1) is 0 Å². The van der Waals surface area contributed by atoms with Crippen molar-refractivity contribution >= 4 is 29.5 Å². The lowest BCUT2D eigenvalue weighted by atomic mass is 10.5. The Morgan fingerprint density at radius 1 is 1.62 bits per heavy atom. The van der Waals surface area contributed by atoms with Crippen molar-refractivity contribution in [3.63, 3.8) is 0 Å². The number of anilines is 1. The first-order valence-electron chi connectivity index (χ1n) is 4.60. The van der Waals surface area contributed by atoms with Crippen LogP contribution in [0, 0.1) is 6.92 Å². The molecule has 1 aromatic rings. The van der Waals surface area contributed by atoms with Crippen molar-refractivity contribution in [2.75, 3.05) is 16.8 Å². The Morgan fingerprint density at radius 2 is 2.38 bits per heavy atom. The van der Waals surface area contributed by atoms with Gasteiger partial charge in [0.1, 0.15) is 0 Å². The molecule has 0 saturated heterocycles. The molecule has 0 aliphatic carbocycles. The summed E-state index contributed by atoms with van der Waals surface area (Å²) >= 11 is 1.26. The molecule has 0 aliphatic rings. The van der Waals surface area contributed by atoms with E-state index in [-0.39, 0.29) is 18.1 Å². The first-order chi connectivity index (χ1) is 7.58. The lowest BCUT2D eigenvalue weighted by molar-refractivity contribution is -0.136. The van der Waals surface area contributed by atoms with Crippen LogP contribution in [0.2, 0.25) is 0 Å². The molecule has 7 heteroatoms. The largest absolute Gasteiger partial charge is 0.481 e. The topological polar surface area (TPSA) is 92.4 Å². The van der Waals surface area contributed by atoms with Crippen molar-refractivity contribution in [2.24, 2.45) is 0 Å². The van der Waals surface area contributed by atoms with E-state index < -0.39 is 5.97 Å². The van der Waals surface area contributed by atoms with Gasteiger partial charge in [0.25, 0.3) is 0 Å². The highest BCUT2D eigenvalue weighted by Crippen LogP contribution is 2.09. The summed E-state index contributed by atoms with van der Waals surface area (Å²) in [5, 5.41) is 14.5. The fourth-order valence-corrected chi connectivity index (χ4v) is 1.64. The molecule has 0 atom stereocenters. The van der Waals surface area contributed by atoms with Crippen molar-refractivity contribution in [3.05, 3.63) is 11.8 Å². The number of carboxylic acid groups (broad SMARTS) is 1. The second-order valence-corrected chi connectivity index (χ2v) is 4.18. The molecule has 1 heterocycles. The van der Waals surface area contributed by atoms with Crippen molar-refractivity contribution in [3.8, 4) is 0 Å². The third-order valence-corrected chi connectivity index (χ3v) is 2.54. The van der Waals surface area contributed by atoms with Crippen molar-refractivity contribution in [1.82, 2.24) is 5.16 Å². The van der Waals surface area contributed by atoms with E-state index >= 15 is 0 Å². The predicted octanol–water partition coefficient (Wildman–Crippen LogP) is 1.13. The summed E-state index contributed by atoms with van der Waals surface area (Å²) in [7, 11) is 0. The number of carboxylic acids is 1. The maximum Gasteiger partial charge on any atom is 0.304 e. The number of aromatic nitrogens is 1. The molecule has 1 rings (SSSR count). The van der Waals surface area contributed by atoms with Gasteiger partial charge in [-0.05, 0) is 6.92 Å². The van der Waals surface area contributed by atoms with Gasteiger partial charge in [0.05, 0.1) is 17.9 Å². The normalized spacial score (nSPS) is 10.1. The molecule has 1 amide bonds. The summed E-state index contributed by atoms with van der Waals surface area (Å²) in [6, 6.07) is 1.61. The lowest BCUT2D eigenvalue weighted by Crippen LogP contribution is -2.14. The van der Waals surface area contributed by atoms with Crippen LogP contribution in [0.25, 0.3) is 0 Å². The molecule has 0 saturated carbocycles. The van der Waals surface area contributed by atoms with Crippen LogP contribution in [-0.2, 0) is 9.59 Å². The zero-order valence-corrected chi connectivity index (χ0v) is 9.54. The molecule has 0 radical (unpaired) electrons. The minimum absolute atomic E-state index is 0.0549. The molecule has 88 valence electrons. The molecule has 16 heavy (non-hydrogen) atoms. The average molecular weight is 244 g/mol. The monoisotopic (exact) mass is 244 g/mol. The van der Waals surface area contributed by atoms with Crippen LogP contribution in [-0.4, -0.2) is 33.6 Å². The van der Waals surface area contributed by atoms with Gasteiger partial charge in [-0.3, -0.25) is 14.9 Å². The van der Waals surface area contributed by atoms with Gasteiger partial charge in [-0.1, -0.05) is 5.16 Å². The third kappa shape index (κ3) is 4.83. The highest BCUT2D eigenvalue weighted by molar-refractivity contribution is 7.99. The number of carbonyl (C=O) groups is 2. The number of nitrogens with one attached hydrogen (secondary N) is 1. The van der Waals surface area contributed by atoms with Crippen LogP contribution < -0.4 is 5.32 Å². The molecule has 2 N–H and O–H groups in total. The Morgan fingerprint density at radius 3 is 2.94 bits per heavy atom. The van der Waals surface area contributed by atoms with Crippen LogP contribution in [0.5, 0.6) is 0 Å². The summed E-state index contributed by atoms with van der Waals surface area (Å²) < 4.78 is 4.79. The van der Waals surface area contributed by atoms with Crippen molar-refractivity contribution in [1.29, 1.82) is 0 Å². The Hall–Kier alpha value is -1.50. The molecule has 0 spiro atoms. The quantitative estimate of drug-likeness (QED) is 0.729. The molecular formula is C9H12N2O4S. The van der Waals surface area contributed by atoms with Crippen LogP contribution in [0.4, 0.5) is 5.88 Å². The van der Waals surface area contributed by atoms with Crippen molar-refractivity contribution in [2.45, 2.75) is 13.3 Å². The van der Waals surface area contributed by atoms with E-state index in [4.69, 9.17) is 9.63 Å². The molecule has 6 nitrogen and oxygen atoms in total. The number of amides is 1. The first kappa shape index (κ1) is 12.6. The number of hydrogen-bond donors (Lipinski definition) is 2. The minimum Gasteiger partial charge on any atom is -0.481 e. The maximum absolute atomic E-state index is 11.3. The van der Waals surface area contributed by atoms with Crippen LogP contribution >= 0.6 is 11.8 Å². The zero-order valence-electron chi connectivity index (χ0n) is 8.73. The van der Waals surface area contributed by atoms with Crippen LogP contribution in [0.3, 0.4) is 0 Å². The molecule has 0 aromatic carbocycles. The number of aliphatic carboxylic acids is 1. The minimum atomic E-state index is -0.862. The lowest BCUT2D eigenvalue weighted by Gasteiger charge is -1.99. The van der Waals surface area contributed by atoms with Gasteiger partial charge < -0.3 is 9.63 Å². The molecule has 0 bridgehead atoms. The number of aryl methyl sites for hydroxylation is 1. The Labute approximate surface area is 96.4 Å². The van der Waals surface area contributed by atoms with E-state index in [0.717, 1.165) is 0 Å². The van der Waals surface area contributed by atoms with Gasteiger partial charge in [0.2, 0.25) is 11.8 Å². The summed E-state index contributed by atoms with van der Waals surface area (Å²) in [6.45, 7) is 1.75. The molecule has 0 fully saturated rings. The van der Waals surface area contributed by atoms with Crippen LogP contribution in [0.1, 0.15) is 12.1 Å². The summed E-state index contributed by atoms with van der Waals surface area (Å²) in [4.78, 5) is 21.5. The van der Waals surface area contributed by atoms with Gasteiger partial charge in [-0.25, -0.2) is 0 Å². The number of nitrogens with zero attached hydrogens (tertiary/aromatic N) is 1. The first-order valence-corrected chi connectivity index (χ1v) is 5.76. The zero-order chi connectivity index (χ0) is 12.0. The van der Waals surface area contributed by atoms with Gasteiger partial charge in [-0.2, -0.15) is 11.8 Å². The summed E-state index contributed by atoms with van der Waals surface area (Å²) in [6.07, 6.45) is 0.0549. The standard InChI is InChI=1S/C9H12N2O4S/c1-6-4-8(15-11-6)10-7(12)5-16-3-2-9(13)14/h4H,2-3,5H2,1H3,(H,10,12)(H,13,14). The smallest absolute Gasteiger partial charge is 0.304 e. The van der Waals surface area contributed by atoms with E-state index in [9.17, 15) is 9.59 Å². The van der Waals surface area contributed by atoms with Gasteiger partial charge in [0, 0.05) is 11.8 Å². The Balaban J connectivity index is 2.18. The third-order valence-electron chi connectivity index (χ3n) is 1.58. The number of thioether (sulfide) groups is 1. The van der Waals surface area contributed by atoms with Gasteiger partial charge >= 0.3 is 5.97 Å². The molecule has 0 unspecified atom stereocenters. The Bertz CT molecular complexity index is 377. The van der Waals surface area contributed by atoms with E-state index in [1.54, 1.807) is 13.0 Å². The molecule has 0 aliphatic heterocycles. The summed E-state index contributed by atoms with van der Waals surface area (Å²) in [5.41, 5.74) is 0.689. The second-order valence-electron chi connectivity index (χ2n) is 3.08. The number of carbonyl (C=O) groups excluding carboxylic acids is 1. The predicted molar refractivity (Wildman–Crippen MR) is 59.4 cm³/mol. The van der Waals surface area contributed by atoms with Gasteiger partial charge in [0.15, 0.2) is 0 Å². The van der Waals surface area contributed by atoms with Crippen molar-refractivity contribution < 1.29 is 19.2 Å². The average Bonchev–Trinajstić information content (AvgIpc) is 2.58. The fourth-order valence-electron chi connectivity index (χ4n) is 0.920. The fraction of sp³-hybridized carbons (Fsp3) is 0.444. The highest BCUT2D eigenvalue weighted by atomic mass is 32.2.